The van der Waals surface area contributed by atoms with Crippen molar-refractivity contribution in [1.82, 2.24) is 4.90 Å². The number of allylic oxidation sites excluding steroid dienone is 2. The molecule has 1 aliphatic heterocycles. The molecule has 27 heavy (non-hydrogen) atoms. The highest BCUT2D eigenvalue weighted by molar-refractivity contribution is 5.33. The number of nitrogens with zero attached hydrogens (tertiary/aromatic N) is 1. The predicted octanol–water partition coefficient (Wildman–Crippen LogP) is 3.75. The van der Waals surface area contributed by atoms with Gasteiger partial charge in [0.05, 0.1) is 12.2 Å². The van der Waals surface area contributed by atoms with Gasteiger partial charge >= 0.3 is 0 Å². The minimum absolute atomic E-state index is 0.189. The summed E-state index contributed by atoms with van der Waals surface area (Å²) in [5, 5.41) is 21.2. The number of likely N-dealkylation sites (N-methyl/N-ethyl adjacent to an activating group) is 1. The third kappa shape index (κ3) is 5.10. The van der Waals surface area contributed by atoms with Crippen molar-refractivity contribution in [3.8, 4) is 0 Å². The summed E-state index contributed by atoms with van der Waals surface area (Å²) < 4.78 is 0. The summed E-state index contributed by atoms with van der Waals surface area (Å²) in [7, 11) is 2.07. The van der Waals surface area contributed by atoms with Crippen LogP contribution in [0.15, 0.2) is 48.6 Å². The van der Waals surface area contributed by atoms with E-state index >= 15 is 0 Å². The van der Waals surface area contributed by atoms with Gasteiger partial charge in [-0.3, -0.25) is 4.90 Å². The topological polar surface area (TPSA) is 43.7 Å². The number of hydrogen-bond donors (Lipinski definition) is 2. The Labute approximate surface area is 164 Å². The normalized spacial score (nSPS) is 27.8. The Bertz CT molecular complexity index is 629. The maximum Gasteiger partial charge on any atom is 0.0756 e. The van der Waals surface area contributed by atoms with E-state index in [9.17, 15) is 10.2 Å². The van der Waals surface area contributed by atoms with E-state index < -0.39 is 6.10 Å². The number of likely N-dealkylation sites (tertiary alicyclic amines) is 1. The SMILES string of the molecule is CCCC/C=C\C[C@@H]1[C@@H](/C=C/[C@@H](O)C2Cc3ccccc3C2)N(C)C[C@@H]1O. The van der Waals surface area contributed by atoms with E-state index in [2.05, 4.69) is 61.4 Å². The number of hydrogen-bond acceptors (Lipinski definition) is 3. The van der Waals surface area contributed by atoms with Crippen LogP contribution in [0.1, 0.15) is 43.7 Å². The maximum atomic E-state index is 10.7. The van der Waals surface area contributed by atoms with E-state index in [4.69, 9.17) is 0 Å². The summed E-state index contributed by atoms with van der Waals surface area (Å²) in [6.07, 6.45) is 14.2. The molecule has 0 amide bonds. The monoisotopic (exact) mass is 369 g/mol. The van der Waals surface area contributed by atoms with Gasteiger partial charge in [0.1, 0.15) is 0 Å². The molecule has 1 aromatic rings. The molecule has 0 bridgehead atoms. The Morgan fingerprint density at radius 3 is 2.56 bits per heavy atom. The van der Waals surface area contributed by atoms with Crippen LogP contribution in [-0.4, -0.2) is 47.0 Å². The van der Waals surface area contributed by atoms with E-state index in [1.54, 1.807) is 0 Å². The van der Waals surface area contributed by atoms with Crippen LogP contribution in [0, 0.1) is 11.8 Å². The minimum Gasteiger partial charge on any atom is -0.391 e. The Balaban J connectivity index is 1.57. The Kier molecular flexibility index (Phi) is 7.28. The summed E-state index contributed by atoms with van der Waals surface area (Å²) in [4.78, 5) is 2.21. The first-order valence-electron chi connectivity index (χ1n) is 10.6. The molecule has 1 heterocycles. The van der Waals surface area contributed by atoms with Crippen molar-refractivity contribution in [3.05, 3.63) is 59.7 Å². The second kappa shape index (κ2) is 9.68. The molecular formula is C24H35NO2. The predicted molar refractivity (Wildman–Crippen MR) is 112 cm³/mol. The smallest absolute Gasteiger partial charge is 0.0756 e. The summed E-state index contributed by atoms with van der Waals surface area (Å²) in [5.74, 6) is 0.472. The van der Waals surface area contributed by atoms with E-state index in [0.717, 1.165) is 25.7 Å². The fraction of sp³-hybridized carbons (Fsp3) is 0.583. The standard InChI is InChI=1S/C24H35NO2/c1-3-4-5-6-7-12-21-22(25(2)17-24(21)27)13-14-23(26)20-15-18-10-8-9-11-19(18)16-20/h6-11,13-14,20-24,26-27H,3-5,12,15-17H2,1-2H3/b7-6-,14-13+/t21-,22-,23-,24+/m1/s1. The van der Waals surface area contributed by atoms with E-state index in [1.807, 2.05) is 6.08 Å². The molecule has 3 heteroatoms. The van der Waals surface area contributed by atoms with Crippen molar-refractivity contribution >= 4 is 0 Å². The zero-order chi connectivity index (χ0) is 19.2. The highest BCUT2D eigenvalue weighted by atomic mass is 16.3. The van der Waals surface area contributed by atoms with Gasteiger partial charge in [-0.15, -0.1) is 0 Å². The van der Waals surface area contributed by atoms with Gasteiger partial charge in [-0.2, -0.15) is 0 Å². The largest absolute Gasteiger partial charge is 0.391 e. The molecule has 0 saturated carbocycles. The van der Waals surface area contributed by atoms with Gasteiger partial charge in [0, 0.05) is 18.5 Å². The maximum absolute atomic E-state index is 10.7. The van der Waals surface area contributed by atoms with Crippen LogP contribution in [0.2, 0.25) is 0 Å². The summed E-state index contributed by atoms with van der Waals surface area (Å²) in [6.45, 7) is 2.91. The molecule has 3 rings (SSSR count). The highest BCUT2D eigenvalue weighted by Gasteiger charge is 2.36. The Morgan fingerprint density at radius 1 is 1.19 bits per heavy atom. The first-order chi connectivity index (χ1) is 13.1. The molecule has 1 aromatic carbocycles. The fourth-order valence-electron chi connectivity index (χ4n) is 4.61. The first-order valence-corrected chi connectivity index (χ1v) is 10.6. The number of rotatable bonds is 8. The van der Waals surface area contributed by atoms with E-state index in [0.29, 0.717) is 6.54 Å². The van der Waals surface area contributed by atoms with Crippen molar-refractivity contribution < 1.29 is 10.2 Å². The average molecular weight is 370 g/mol. The van der Waals surface area contributed by atoms with Crippen molar-refractivity contribution in [2.24, 2.45) is 11.8 Å². The Morgan fingerprint density at radius 2 is 1.89 bits per heavy atom. The number of fused-ring (bicyclic) bond motifs is 1. The number of benzene rings is 1. The van der Waals surface area contributed by atoms with E-state index in [1.165, 1.54) is 24.0 Å². The van der Waals surface area contributed by atoms with Gasteiger partial charge in [0.25, 0.3) is 0 Å². The quantitative estimate of drug-likeness (QED) is 0.542. The van der Waals surface area contributed by atoms with Crippen molar-refractivity contribution in [1.29, 1.82) is 0 Å². The number of aliphatic hydroxyl groups is 2. The second-order valence-electron chi connectivity index (χ2n) is 8.32. The average Bonchev–Trinajstić information content (AvgIpc) is 3.20. The lowest BCUT2D eigenvalue weighted by molar-refractivity contribution is 0.141. The zero-order valence-electron chi connectivity index (χ0n) is 16.8. The van der Waals surface area contributed by atoms with Crippen LogP contribution in [0.25, 0.3) is 0 Å². The molecule has 0 unspecified atom stereocenters. The van der Waals surface area contributed by atoms with Gasteiger partial charge in [-0.1, -0.05) is 68.3 Å². The van der Waals surface area contributed by atoms with Crippen molar-refractivity contribution in [3.63, 3.8) is 0 Å². The van der Waals surface area contributed by atoms with Gasteiger partial charge < -0.3 is 10.2 Å². The van der Waals surface area contributed by atoms with Crippen LogP contribution < -0.4 is 0 Å². The summed E-state index contributed by atoms with van der Waals surface area (Å²) in [5.41, 5.74) is 2.75. The van der Waals surface area contributed by atoms with Crippen LogP contribution in [0.5, 0.6) is 0 Å². The van der Waals surface area contributed by atoms with Gasteiger partial charge in [-0.25, -0.2) is 0 Å². The lowest BCUT2D eigenvalue weighted by atomic mass is 9.92. The first kappa shape index (κ1) is 20.3. The van der Waals surface area contributed by atoms with Crippen molar-refractivity contribution in [2.45, 2.75) is 63.7 Å². The number of unbranched alkanes of at least 4 members (excludes halogenated alkanes) is 2. The van der Waals surface area contributed by atoms with Gasteiger partial charge in [0.15, 0.2) is 0 Å². The molecule has 2 N–H and O–H groups in total. The molecule has 1 aliphatic carbocycles. The molecule has 2 aliphatic rings. The third-order valence-corrected chi connectivity index (χ3v) is 6.29. The third-order valence-electron chi connectivity index (χ3n) is 6.29. The molecule has 1 fully saturated rings. The molecule has 0 spiro atoms. The zero-order valence-corrected chi connectivity index (χ0v) is 16.8. The molecule has 1 saturated heterocycles. The molecule has 0 radical (unpaired) electrons. The van der Waals surface area contributed by atoms with E-state index in [-0.39, 0.29) is 24.0 Å². The van der Waals surface area contributed by atoms with Gasteiger partial charge in [0.2, 0.25) is 0 Å². The molecular weight excluding hydrogens is 334 g/mol. The highest BCUT2D eigenvalue weighted by Crippen LogP contribution is 2.31. The molecule has 3 nitrogen and oxygen atoms in total. The van der Waals surface area contributed by atoms with Crippen LogP contribution in [-0.2, 0) is 12.8 Å². The summed E-state index contributed by atoms with van der Waals surface area (Å²) in [6, 6.07) is 8.70. The van der Waals surface area contributed by atoms with Gasteiger partial charge in [-0.05, 0) is 49.8 Å². The molecule has 148 valence electrons. The molecule has 0 aromatic heterocycles. The Hall–Kier alpha value is -1.42. The summed E-state index contributed by atoms with van der Waals surface area (Å²) >= 11 is 0. The minimum atomic E-state index is -0.427. The van der Waals surface area contributed by atoms with Crippen LogP contribution >= 0.6 is 0 Å². The second-order valence-corrected chi connectivity index (χ2v) is 8.32. The number of β-amino-alcohol motifs (C(OH)–C–C–N with tert-alkyl or cyclic N) is 1. The molecule has 4 atom stereocenters. The fourth-order valence-corrected chi connectivity index (χ4v) is 4.61. The van der Waals surface area contributed by atoms with Crippen molar-refractivity contribution in [2.75, 3.05) is 13.6 Å². The number of aliphatic hydroxyl groups excluding tert-OH is 2. The van der Waals surface area contributed by atoms with Crippen LogP contribution in [0.4, 0.5) is 0 Å². The lowest BCUT2D eigenvalue weighted by Gasteiger charge is -2.22. The van der Waals surface area contributed by atoms with Crippen LogP contribution in [0.3, 0.4) is 0 Å². The lowest BCUT2D eigenvalue weighted by Crippen LogP contribution is -2.28.